The lowest BCUT2D eigenvalue weighted by Crippen LogP contribution is -2.37. The van der Waals surface area contributed by atoms with E-state index in [0.717, 1.165) is 11.3 Å². The van der Waals surface area contributed by atoms with E-state index < -0.39 is 0 Å². The largest absolute Gasteiger partial charge is 0.450 e. The van der Waals surface area contributed by atoms with Crippen molar-refractivity contribution in [2.75, 3.05) is 13.2 Å². The molecule has 16 heavy (non-hydrogen) atoms. The fraction of sp³-hybridized carbons (Fsp3) is 0.500. The minimum Gasteiger partial charge on any atom is -0.450 e. The van der Waals surface area contributed by atoms with E-state index in [4.69, 9.17) is 4.74 Å². The smallest absolute Gasteiger partial charge is 0.410 e. The molecule has 6 nitrogen and oxygen atoms in total. The van der Waals surface area contributed by atoms with Crippen LogP contribution in [0.1, 0.15) is 18.2 Å². The van der Waals surface area contributed by atoms with Gasteiger partial charge < -0.3 is 9.64 Å². The van der Waals surface area contributed by atoms with Crippen molar-refractivity contribution in [2.24, 2.45) is 0 Å². The maximum Gasteiger partial charge on any atom is 0.410 e. The molecule has 0 saturated carbocycles. The molecule has 1 aliphatic rings. The van der Waals surface area contributed by atoms with Crippen LogP contribution < -0.4 is 5.56 Å². The second kappa shape index (κ2) is 4.34. The van der Waals surface area contributed by atoms with E-state index >= 15 is 0 Å². The van der Waals surface area contributed by atoms with Crippen molar-refractivity contribution < 1.29 is 9.53 Å². The van der Waals surface area contributed by atoms with E-state index in [1.165, 1.54) is 6.07 Å². The molecule has 6 heteroatoms. The molecule has 86 valence electrons. The van der Waals surface area contributed by atoms with Crippen LogP contribution in [0, 0.1) is 0 Å². The molecule has 0 unspecified atom stereocenters. The van der Waals surface area contributed by atoms with Gasteiger partial charge in [-0.25, -0.2) is 9.89 Å². The first-order valence-electron chi connectivity index (χ1n) is 5.20. The lowest BCUT2D eigenvalue weighted by Gasteiger charge is -2.26. The number of aromatic nitrogens is 2. The Bertz CT molecular complexity index is 455. The highest BCUT2D eigenvalue weighted by molar-refractivity contribution is 5.67. The summed E-state index contributed by atoms with van der Waals surface area (Å²) in [5, 5.41) is 6.29. The van der Waals surface area contributed by atoms with Crippen molar-refractivity contribution in [1.29, 1.82) is 0 Å². The third kappa shape index (κ3) is 2.05. The topological polar surface area (TPSA) is 75.3 Å². The summed E-state index contributed by atoms with van der Waals surface area (Å²) >= 11 is 0. The zero-order chi connectivity index (χ0) is 11.5. The van der Waals surface area contributed by atoms with Crippen LogP contribution in [0.4, 0.5) is 4.79 Å². The fourth-order valence-electron chi connectivity index (χ4n) is 1.71. The first-order valence-corrected chi connectivity index (χ1v) is 5.20. The maximum absolute atomic E-state index is 11.5. The van der Waals surface area contributed by atoms with E-state index in [1.54, 1.807) is 11.8 Å². The standard InChI is InChI=1S/C10H13N3O3/c1-2-16-10(15)13-4-3-7-5-9(14)12-11-8(7)6-13/h5H,2-4,6H2,1H3,(H,12,14). The molecule has 2 rings (SSSR count). The molecule has 0 fully saturated rings. The molecule has 2 heterocycles. The number of ether oxygens (including phenoxy) is 1. The number of H-pyrrole nitrogens is 1. The van der Waals surface area contributed by atoms with Crippen LogP contribution in [0.3, 0.4) is 0 Å². The first-order chi connectivity index (χ1) is 7.70. The van der Waals surface area contributed by atoms with Gasteiger partial charge in [-0.3, -0.25) is 4.79 Å². The number of aromatic amines is 1. The predicted octanol–water partition coefficient (Wildman–Crippen LogP) is 0.285. The van der Waals surface area contributed by atoms with Crippen molar-refractivity contribution in [3.8, 4) is 0 Å². The summed E-state index contributed by atoms with van der Waals surface area (Å²) in [7, 11) is 0. The Morgan fingerprint density at radius 1 is 1.69 bits per heavy atom. The van der Waals surface area contributed by atoms with Gasteiger partial charge in [0.15, 0.2) is 0 Å². The molecule has 1 N–H and O–H groups in total. The number of amides is 1. The molecule has 0 spiro atoms. The highest BCUT2D eigenvalue weighted by Crippen LogP contribution is 2.14. The molecule has 1 aromatic rings. The lowest BCUT2D eigenvalue weighted by atomic mass is 10.1. The summed E-state index contributed by atoms with van der Waals surface area (Å²) in [6, 6.07) is 1.53. The number of fused-ring (bicyclic) bond motifs is 1. The Labute approximate surface area is 92.2 Å². The Morgan fingerprint density at radius 3 is 3.25 bits per heavy atom. The summed E-state index contributed by atoms with van der Waals surface area (Å²) in [6.07, 6.45) is 0.312. The van der Waals surface area contributed by atoms with Gasteiger partial charge in [-0.15, -0.1) is 0 Å². The Morgan fingerprint density at radius 2 is 2.50 bits per heavy atom. The summed E-state index contributed by atoms with van der Waals surface area (Å²) in [6.45, 7) is 3.09. The molecule has 0 radical (unpaired) electrons. The van der Waals surface area contributed by atoms with Gasteiger partial charge in [0.1, 0.15) is 0 Å². The number of nitrogens with one attached hydrogen (secondary N) is 1. The zero-order valence-corrected chi connectivity index (χ0v) is 9.02. The van der Waals surface area contributed by atoms with Gasteiger partial charge in [0.25, 0.3) is 5.56 Å². The number of rotatable bonds is 1. The minimum atomic E-state index is -0.332. The van der Waals surface area contributed by atoms with E-state index in [1.807, 2.05) is 0 Å². The molecule has 0 saturated heterocycles. The summed E-state index contributed by atoms with van der Waals surface area (Å²) in [4.78, 5) is 24.1. The van der Waals surface area contributed by atoms with E-state index in [9.17, 15) is 9.59 Å². The van der Waals surface area contributed by atoms with E-state index in [-0.39, 0.29) is 11.7 Å². The fourth-order valence-corrected chi connectivity index (χ4v) is 1.71. The SMILES string of the molecule is CCOC(=O)N1CCc2cc(=O)[nH]nc2C1. The zero-order valence-electron chi connectivity index (χ0n) is 9.02. The van der Waals surface area contributed by atoms with Gasteiger partial charge in [-0.05, 0) is 18.9 Å². The van der Waals surface area contributed by atoms with Crippen molar-refractivity contribution in [2.45, 2.75) is 19.9 Å². The predicted molar refractivity (Wildman–Crippen MR) is 56.0 cm³/mol. The van der Waals surface area contributed by atoms with Crippen molar-refractivity contribution in [3.63, 3.8) is 0 Å². The van der Waals surface area contributed by atoms with Crippen molar-refractivity contribution >= 4 is 6.09 Å². The highest BCUT2D eigenvalue weighted by atomic mass is 16.6. The maximum atomic E-state index is 11.5. The molecular weight excluding hydrogens is 210 g/mol. The minimum absolute atomic E-state index is 0.205. The van der Waals surface area contributed by atoms with Gasteiger partial charge in [0.05, 0.1) is 18.8 Å². The normalized spacial score (nSPS) is 14.4. The van der Waals surface area contributed by atoms with Gasteiger partial charge >= 0.3 is 6.09 Å². The summed E-state index contributed by atoms with van der Waals surface area (Å²) < 4.78 is 4.91. The molecule has 0 bridgehead atoms. The number of nitrogens with zero attached hydrogens (tertiary/aromatic N) is 2. The third-order valence-electron chi connectivity index (χ3n) is 2.49. The van der Waals surface area contributed by atoms with Crippen LogP contribution in [0.2, 0.25) is 0 Å². The van der Waals surface area contributed by atoms with Crippen molar-refractivity contribution in [3.05, 3.63) is 27.7 Å². The average molecular weight is 223 g/mol. The van der Waals surface area contributed by atoms with E-state index in [0.29, 0.717) is 26.1 Å². The Hall–Kier alpha value is -1.85. The van der Waals surface area contributed by atoms with Gasteiger partial charge in [-0.1, -0.05) is 0 Å². The van der Waals surface area contributed by atoms with Crippen LogP contribution in [0.15, 0.2) is 10.9 Å². The second-order valence-corrected chi connectivity index (χ2v) is 3.57. The van der Waals surface area contributed by atoms with Gasteiger partial charge in [-0.2, -0.15) is 5.10 Å². The van der Waals surface area contributed by atoms with E-state index in [2.05, 4.69) is 10.2 Å². The van der Waals surface area contributed by atoms with Crippen LogP contribution in [-0.4, -0.2) is 34.3 Å². The Balaban J connectivity index is 2.15. The van der Waals surface area contributed by atoms with Crippen LogP contribution in [0.25, 0.3) is 0 Å². The first kappa shape index (κ1) is 10.7. The molecule has 0 atom stereocenters. The number of hydrogen-bond acceptors (Lipinski definition) is 4. The lowest BCUT2D eigenvalue weighted by molar-refractivity contribution is 0.102. The number of carbonyl (C=O) groups is 1. The van der Waals surface area contributed by atoms with Crippen LogP contribution in [0.5, 0.6) is 0 Å². The van der Waals surface area contributed by atoms with Crippen LogP contribution >= 0.6 is 0 Å². The molecule has 1 amide bonds. The van der Waals surface area contributed by atoms with Gasteiger partial charge in [0.2, 0.25) is 0 Å². The molecule has 1 aliphatic heterocycles. The Kier molecular flexibility index (Phi) is 2.89. The average Bonchev–Trinajstić information content (AvgIpc) is 2.28. The molecule has 0 aliphatic carbocycles. The molecular formula is C10H13N3O3. The molecule has 1 aromatic heterocycles. The number of hydrogen-bond donors (Lipinski definition) is 1. The monoisotopic (exact) mass is 223 g/mol. The van der Waals surface area contributed by atoms with Crippen molar-refractivity contribution in [1.82, 2.24) is 15.1 Å². The highest BCUT2D eigenvalue weighted by Gasteiger charge is 2.22. The third-order valence-corrected chi connectivity index (χ3v) is 2.49. The second-order valence-electron chi connectivity index (χ2n) is 3.57. The summed E-state index contributed by atoms with van der Waals surface area (Å²) in [5.74, 6) is 0. The summed E-state index contributed by atoms with van der Waals surface area (Å²) in [5.41, 5.74) is 1.44. The number of carbonyl (C=O) groups excluding carboxylic acids is 1. The van der Waals surface area contributed by atoms with Crippen LogP contribution in [-0.2, 0) is 17.7 Å². The molecule has 0 aromatic carbocycles. The quantitative estimate of drug-likeness (QED) is 0.742. The van der Waals surface area contributed by atoms with Gasteiger partial charge in [0, 0.05) is 12.6 Å².